The van der Waals surface area contributed by atoms with Gasteiger partial charge in [-0.05, 0) is 54.5 Å². The molecule has 0 amide bonds. The molecule has 1 unspecified atom stereocenters. The number of hydrogen-bond acceptors (Lipinski definition) is 6. The van der Waals surface area contributed by atoms with Crippen molar-refractivity contribution in [2.24, 2.45) is 5.92 Å². The van der Waals surface area contributed by atoms with Crippen LogP contribution in [0.5, 0.6) is 5.75 Å². The van der Waals surface area contributed by atoms with Crippen molar-refractivity contribution in [1.82, 2.24) is 4.98 Å². The highest BCUT2D eigenvalue weighted by molar-refractivity contribution is 7.92. The molecule has 0 radical (unpaired) electrons. The van der Waals surface area contributed by atoms with Crippen molar-refractivity contribution in [2.75, 3.05) is 11.8 Å². The molecule has 8 nitrogen and oxygen atoms in total. The average molecular weight is 555 g/mol. The molecule has 38 heavy (non-hydrogen) atoms. The van der Waals surface area contributed by atoms with Crippen LogP contribution in [0.2, 0.25) is 0 Å². The number of alkyl halides is 3. The normalized spacial score (nSPS) is 16.2. The Labute approximate surface area is 215 Å². The smallest absolute Gasteiger partial charge is 0.417 e. The van der Waals surface area contributed by atoms with Gasteiger partial charge in [0, 0.05) is 11.6 Å². The van der Waals surface area contributed by atoms with Crippen LogP contribution in [0, 0.1) is 11.7 Å². The monoisotopic (exact) mass is 554 g/mol. The number of ether oxygens (including phenoxy) is 1. The summed E-state index contributed by atoms with van der Waals surface area (Å²) in [6.07, 6.45) is 0.0473. The molecule has 4 rings (SSSR count). The van der Waals surface area contributed by atoms with Gasteiger partial charge >= 0.3 is 12.1 Å². The number of oxazole rings is 1. The maximum atomic E-state index is 14.1. The topological polar surface area (TPSA) is 119 Å². The molecule has 1 heterocycles. The first-order valence-electron chi connectivity index (χ1n) is 11.3. The summed E-state index contributed by atoms with van der Waals surface area (Å²) < 4.78 is 93.8. The molecular weight excluding hydrogens is 532 g/mol. The number of halogens is 4. The summed E-state index contributed by atoms with van der Waals surface area (Å²) in [5, 5.41) is 8.26. The minimum Gasteiger partial charge on any atom is -0.495 e. The predicted octanol–water partition coefficient (Wildman–Crippen LogP) is 6.21. The zero-order valence-corrected chi connectivity index (χ0v) is 20.9. The van der Waals surface area contributed by atoms with Crippen molar-refractivity contribution in [3.8, 4) is 17.2 Å². The third kappa shape index (κ3) is 5.52. The van der Waals surface area contributed by atoms with Gasteiger partial charge in [0.25, 0.3) is 10.0 Å². The number of carbonyl (C=O) groups is 1. The lowest BCUT2D eigenvalue weighted by atomic mass is 9.86. The Bertz CT molecular complexity index is 1530. The van der Waals surface area contributed by atoms with Crippen LogP contribution in [0.1, 0.15) is 47.7 Å². The van der Waals surface area contributed by atoms with E-state index in [0.717, 1.165) is 37.7 Å². The van der Waals surface area contributed by atoms with Crippen LogP contribution in [0.3, 0.4) is 0 Å². The Morgan fingerprint density at radius 3 is 2.58 bits per heavy atom. The fourth-order valence-electron chi connectivity index (χ4n) is 4.06. The van der Waals surface area contributed by atoms with E-state index in [1.165, 1.54) is 12.1 Å². The number of nitrogens with one attached hydrogen (secondary N) is 1. The fraction of sp³-hybridized carbons (Fsp3) is 0.280. The molecule has 13 heteroatoms. The van der Waals surface area contributed by atoms with Gasteiger partial charge in [0.15, 0.2) is 0 Å². The number of sulfonamides is 1. The van der Waals surface area contributed by atoms with E-state index in [9.17, 15) is 30.8 Å². The number of nitrogens with zero attached hydrogens (tertiary/aromatic N) is 1. The lowest BCUT2D eigenvalue weighted by Gasteiger charge is -2.20. The van der Waals surface area contributed by atoms with Crippen LogP contribution in [-0.4, -0.2) is 31.6 Å². The summed E-state index contributed by atoms with van der Waals surface area (Å²) in [5.41, 5.74) is -1.49. The molecule has 0 saturated carbocycles. The zero-order chi connectivity index (χ0) is 27.8. The van der Waals surface area contributed by atoms with E-state index in [-0.39, 0.29) is 5.75 Å². The van der Waals surface area contributed by atoms with Crippen molar-refractivity contribution in [3.05, 3.63) is 65.2 Å². The first-order chi connectivity index (χ1) is 17.8. The van der Waals surface area contributed by atoms with E-state index < -0.39 is 61.3 Å². The largest absolute Gasteiger partial charge is 0.495 e. The highest BCUT2D eigenvalue weighted by atomic mass is 32.2. The molecule has 2 aromatic carbocycles. The Morgan fingerprint density at radius 1 is 1.24 bits per heavy atom. The zero-order valence-electron chi connectivity index (χ0n) is 20.1. The molecule has 0 saturated heterocycles. The number of carboxylic acids is 1. The van der Waals surface area contributed by atoms with Crippen molar-refractivity contribution >= 4 is 27.3 Å². The average Bonchev–Trinajstić information content (AvgIpc) is 3.35. The summed E-state index contributed by atoms with van der Waals surface area (Å²) >= 11 is 0. The molecule has 1 aromatic heterocycles. The molecule has 1 atom stereocenters. The minimum absolute atomic E-state index is 0.308. The molecule has 1 aliphatic carbocycles. The molecular formula is C25H22F4N2O6S. The van der Waals surface area contributed by atoms with Crippen LogP contribution in [0.25, 0.3) is 17.0 Å². The van der Waals surface area contributed by atoms with Gasteiger partial charge in [-0.25, -0.2) is 9.18 Å². The first-order valence-corrected chi connectivity index (χ1v) is 12.8. The number of aromatic nitrogens is 1. The van der Waals surface area contributed by atoms with Crippen LogP contribution in [-0.2, 0) is 16.2 Å². The Balaban J connectivity index is 1.69. The Morgan fingerprint density at radius 2 is 1.97 bits per heavy atom. The summed E-state index contributed by atoms with van der Waals surface area (Å²) in [6.45, 7) is 2.07. The Hall–Kier alpha value is -3.87. The molecule has 0 spiro atoms. The van der Waals surface area contributed by atoms with Gasteiger partial charge < -0.3 is 14.3 Å². The number of anilines is 1. The van der Waals surface area contributed by atoms with Gasteiger partial charge in [0.1, 0.15) is 17.8 Å². The number of rotatable bonds is 7. The van der Waals surface area contributed by atoms with E-state index in [4.69, 9.17) is 14.3 Å². The number of hydrogen-bond donors (Lipinski definition) is 2. The van der Waals surface area contributed by atoms with Crippen molar-refractivity contribution in [3.63, 3.8) is 0 Å². The SMILES string of the molecule is COc1cc(C(=O)O)c(F)cc1NS(=O)(=O)c1coc(-c2ccc(C3=CCC(C)CC3)cc2C(F)(F)F)n1. The third-order valence-electron chi connectivity index (χ3n) is 6.12. The predicted molar refractivity (Wildman–Crippen MR) is 129 cm³/mol. The highest BCUT2D eigenvalue weighted by Gasteiger charge is 2.36. The standard InChI is InChI=1S/C25H22F4N2O6S/c1-13-3-5-14(6-4-13)15-7-8-16(18(9-15)25(27,28)29)23-30-22(12-37-23)38(34,35)31-20-11-19(26)17(24(32)33)10-21(20)36-2/h5,7-13,31H,3-4,6H2,1-2H3,(H,32,33). The second-order valence-corrected chi connectivity index (χ2v) is 10.4. The van der Waals surface area contributed by atoms with Gasteiger partial charge in [-0.1, -0.05) is 19.1 Å². The first kappa shape index (κ1) is 27.2. The van der Waals surface area contributed by atoms with Gasteiger partial charge in [0.05, 0.1) is 23.9 Å². The van der Waals surface area contributed by atoms with Gasteiger partial charge in [-0.2, -0.15) is 26.6 Å². The van der Waals surface area contributed by atoms with Crippen molar-refractivity contribution in [1.29, 1.82) is 0 Å². The third-order valence-corrected chi connectivity index (χ3v) is 7.35. The van der Waals surface area contributed by atoms with Gasteiger partial charge in [0.2, 0.25) is 10.9 Å². The number of aromatic carboxylic acids is 1. The molecule has 0 aliphatic heterocycles. The second kappa shape index (κ2) is 10.1. The number of benzene rings is 2. The summed E-state index contributed by atoms with van der Waals surface area (Å²) in [5.74, 6) is -3.29. The lowest BCUT2D eigenvalue weighted by molar-refractivity contribution is -0.137. The lowest BCUT2D eigenvalue weighted by Crippen LogP contribution is -2.15. The van der Waals surface area contributed by atoms with Crippen LogP contribution >= 0.6 is 0 Å². The van der Waals surface area contributed by atoms with E-state index >= 15 is 0 Å². The maximum absolute atomic E-state index is 14.1. The van der Waals surface area contributed by atoms with Crippen molar-refractivity contribution < 1.29 is 45.0 Å². The summed E-state index contributed by atoms with van der Waals surface area (Å²) in [7, 11) is -3.49. The molecule has 2 N–H and O–H groups in total. The van der Waals surface area contributed by atoms with E-state index in [0.29, 0.717) is 30.2 Å². The summed E-state index contributed by atoms with van der Waals surface area (Å²) in [6, 6.07) is 5.05. The van der Waals surface area contributed by atoms with E-state index in [1.807, 2.05) is 10.8 Å². The van der Waals surface area contributed by atoms with Gasteiger partial charge in [-0.3, -0.25) is 4.72 Å². The second-order valence-electron chi connectivity index (χ2n) is 8.80. The minimum atomic E-state index is -4.78. The van der Waals surface area contributed by atoms with Crippen LogP contribution < -0.4 is 9.46 Å². The number of allylic oxidation sites excluding steroid dienone is 2. The maximum Gasteiger partial charge on any atom is 0.417 e. The fourth-order valence-corrected chi connectivity index (χ4v) is 4.99. The van der Waals surface area contributed by atoms with Crippen LogP contribution in [0.15, 0.2) is 52.1 Å². The number of methoxy groups -OCH3 is 1. The molecule has 3 aromatic rings. The highest BCUT2D eigenvalue weighted by Crippen LogP contribution is 2.40. The van der Waals surface area contributed by atoms with Crippen molar-refractivity contribution in [2.45, 2.75) is 37.4 Å². The Kier molecular flexibility index (Phi) is 7.24. The number of carboxylic acid groups (broad SMARTS) is 1. The quantitative estimate of drug-likeness (QED) is 0.333. The molecule has 0 fully saturated rings. The van der Waals surface area contributed by atoms with E-state index in [1.54, 1.807) is 0 Å². The van der Waals surface area contributed by atoms with Gasteiger partial charge in [-0.15, -0.1) is 0 Å². The van der Waals surface area contributed by atoms with Crippen LogP contribution in [0.4, 0.5) is 23.2 Å². The molecule has 202 valence electrons. The molecule has 1 aliphatic rings. The summed E-state index contributed by atoms with van der Waals surface area (Å²) in [4.78, 5) is 14.9. The van der Waals surface area contributed by atoms with E-state index in [2.05, 4.69) is 11.9 Å². The molecule has 0 bridgehead atoms.